The van der Waals surface area contributed by atoms with Gasteiger partial charge in [0, 0.05) is 5.56 Å². The fourth-order valence-corrected chi connectivity index (χ4v) is 6.91. The Labute approximate surface area is 281 Å². The van der Waals surface area contributed by atoms with Gasteiger partial charge in [-0.1, -0.05) is 158 Å². The van der Waals surface area contributed by atoms with Gasteiger partial charge in [0.25, 0.3) is 0 Å². The number of allylic oxidation sites excluding steroid dienone is 2. The predicted octanol–water partition coefficient (Wildman–Crippen LogP) is 12.8. The molecule has 0 bridgehead atoms. The number of aliphatic imine (C=N–C) groups is 1. The third-order valence-electron chi connectivity index (χ3n) is 9.45. The lowest BCUT2D eigenvalue weighted by Gasteiger charge is -2.15. The zero-order chi connectivity index (χ0) is 32.6. The first-order valence-electron chi connectivity index (χ1n) is 16.5. The van der Waals surface area contributed by atoms with Gasteiger partial charge in [0.2, 0.25) is 0 Å². The van der Waals surface area contributed by atoms with Crippen LogP contribution in [0.4, 0.5) is 0 Å². The molecule has 0 unspecified atom stereocenters. The topological polar surface area (TPSA) is 12.4 Å². The van der Waals surface area contributed by atoms with Crippen molar-refractivity contribution < 1.29 is 0 Å². The molecule has 0 fully saturated rings. The Kier molecular flexibility index (Phi) is 7.51. The molecule has 8 aromatic rings. The van der Waals surface area contributed by atoms with E-state index in [1.165, 1.54) is 65.3 Å². The SMILES string of the molecule is C=C(N=C(/C=C(\C)c1cc2ccccc2c2ccccc12)c1cc2ccccc2c2ccccc12)c1ccc(-c2ccc(C)cc2)cc1. The summed E-state index contributed by atoms with van der Waals surface area (Å²) in [7, 11) is 0. The summed E-state index contributed by atoms with van der Waals surface area (Å²) in [6, 6.07) is 56.4. The van der Waals surface area contributed by atoms with E-state index in [2.05, 4.69) is 184 Å². The van der Waals surface area contributed by atoms with Crippen LogP contribution in [0.3, 0.4) is 0 Å². The van der Waals surface area contributed by atoms with Crippen molar-refractivity contribution in [2.24, 2.45) is 4.99 Å². The lowest BCUT2D eigenvalue weighted by atomic mass is 9.91. The van der Waals surface area contributed by atoms with E-state index < -0.39 is 0 Å². The molecule has 0 N–H and O–H groups in total. The van der Waals surface area contributed by atoms with Crippen LogP contribution in [0.5, 0.6) is 0 Å². The van der Waals surface area contributed by atoms with Crippen molar-refractivity contribution >= 4 is 60.1 Å². The standard InChI is InChI=1S/C47H35N/c1-31-20-22-35(23-21-31)36-26-24-34(25-27-36)33(3)48-47(46-30-38-13-5-7-15-40(38)42-17-9-11-19-44(42)46)28-32(2)45-29-37-12-4-6-14-39(37)41-16-8-10-18-43(41)45/h4-30H,3H2,1-2H3/b32-28+,48-47?. The largest absolute Gasteiger partial charge is 0.248 e. The Balaban J connectivity index is 1.31. The molecule has 0 aliphatic heterocycles. The molecule has 228 valence electrons. The van der Waals surface area contributed by atoms with Gasteiger partial charge < -0.3 is 0 Å². The van der Waals surface area contributed by atoms with E-state index in [1.807, 2.05) is 0 Å². The zero-order valence-corrected chi connectivity index (χ0v) is 27.2. The first-order valence-corrected chi connectivity index (χ1v) is 16.5. The molecule has 8 aromatic carbocycles. The number of nitrogens with zero attached hydrogens (tertiary/aromatic N) is 1. The summed E-state index contributed by atoms with van der Waals surface area (Å²) in [4.78, 5) is 5.34. The van der Waals surface area contributed by atoms with E-state index in [-0.39, 0.29) is 0 Å². The molecule has 0 heterocycles. The molecule has 0 aliphatic carbocycles. The van der Waals surface area contributed by atoms with Crippen LogP contribution in [0.1, 0.15) is 29.2 Å². The monoisotopic (exact) mass is 613 g/mol. The van der Waals surface area contributed by atoms with Gasteiger partial charge in [-0.15, -0.1) is 0 Å². The number of benzene rings is 8. The Morgan fingerprint density at radius 2 is 0.938 bits per heavy atom. The maximum Gasteiger partial charge on any atom is 0.0718 e. The molecule has 0 amide bonds. The van der Waals surface area contributed by atoms with Gasteiger partial charge in [-0.2, -0.15) is 0 Å². The highest BCUT2D eigenvalue weighted by molar-refractivity contribution is 6.25. The van der Waals surface area contributed by atoms with Crippen molar-refractivity contribution in [1.82, 2.24) is 0 Å². The maximum absolute atomic E-state index is 5.34. The van der Waals surface area contributed by atoms with Gasteiger partial charge in [0.1, 0.15) is 0 Å². The van der Waals surface area contributed by atoms with Crippen LogP contribution in [-0.2, 0) is 0 Å². The minimum Gasteiger partial charge on any atom is -0.248 e. The summed E-state index contributed by atoms with van der Waals surface area (Å²) in [6.45, 7) is 8.82. The highest BCUT2D eigenvalue weighted by atomic mass is 14.8. The summed E-state index contributed by atoms with van der Waals surface area (Å²) in [6.07, 6.45) is 2.25. The molecule has 0 atom stereocenters. The molecule has 1 nitrogen and oxygen atoms in total. The highest BCUT2D eigenvalue weighted by Crippen LogP contribution is 2.35. The van der Waals surface area contributed by atoms with Crippen LogP contribution >= 0.6 is 0 Å². The molecule has 48 heavy (non-hydrogen) atoms. The number of hydrogen-bond donors (Lipinski definition) is 0. The quantitative estimate of drug-likeness (QED) is 0.131. The van der Waals surface area contributed by atoms with Gasteiger partial charge >= 0.3 is 0 Å². The molecule has 0 saturated carbocycles. The molecular weight excluding hydrogens is 579 g/mol. The molecule has 0 aromatic heterocycles. The number of rotatable bonds is 6. The smallest absolute Gasteiger partial charge is 0.0718 e. The molecule has 1 heteroatoms. The average molecular weight is 614 g/mol. The van der Waals surface area contributed by atoms with Crippen LogP contribution in [0.2, 0.25) is 0 Å². The van der Waals surface area contributed by atoms with Gasteiger partial charge in [-0.05, 0) is 103 Å². The third-order valence-corrected chi connectivity index (χ3v) is 9.45. The summed E-state index contributed by atoms with van der Waals surface area (Å²) < 4.78 is 0. The lowest BCUT2D eigenvalue weighted by Crippen LogP contribution is -2.01. The van der Waals surface area contributed by atoms with Gasteiger partial charge in [-0.25, -0.2) is 4.99 Å². The Morgan fingerprint density at radius 3 is 1.50 bits per heavy atom. The fourth-order valence-electron chi connectivity index (χ4n) is 6.91. The van der Waals surface area contributed by atoms with Crippen LogP contribution in [0.15, 0.2) is 175 Å². The molecule has 0 saturated heterocycles. The van der Waals surface area contributed by atoms with E-state index in [0.717, 1.165) is 28.1 Å². The normalized spacial score (nSPS) is 12.3. The second-order valence-electron chi connectivity index (χ2n) is 12.6. The van der Waals surface area contributed by atoms with Gasteiger partial charge in [0.15, 0.2) is 0 Å². The van der Waals surface area contributed by atoms with Crippen LogP contribution in [0.25, 0.3) is 65.5 Å². The number of aryl methyl sites for hydroxylation is 1. The van der Waals surface area contributed by atoms with Crippen molar-refractivity contribution in [2.75, 3.05) is 0 Å². The summed E-state index contributed by atoms with van der Waals surface area (Å²) in [5.74, 6) is 0. The van der Waals surface area contributed by atoms with Crippen LogP contribution < -0.4 is 0 Å². The number of fused-ring (bicyclic) bond motifs is 6. The van der Waals surface area contributed by atoms with E-state index in [0.29, 0.717) is 0 Å². The first-order chi connectivity index (χ1) is 23.5. The Morgan fingerprint density at radius 1 is 0.500 bits per heavy atom. The van der Waals surface area contributed by atoms with E-state index in [1.54, 1.807) is 0 Å². The zero-order valence-electron chi connectivity index (χ0n) is 27.2. The average Bonchev–Trinajstić information content (AvgIpc) is 3.14. The summed E-state index contributed by atoms with van der Waals surface area (Å²) in [5.41, 5.74) is 9.68. The molecule has 0 radical (unpaired) electrons. The van der Waals surface area contributed by atoms with Crippen molar-refractivity contribution in [2.45, 2.75) is 13.8 Å². The highest BCUT2D eigenvalue weighted by Gasteiger charge is 2.14. The van der Waals surface area contributed by atoms with E-state index in [4.69, 9.17) is 4.99 Å². The molecule has 8 rings (SSSR count). The minimum absolute atomic E-state index is 0.727. The second-order valence-corrected chi connectivity index (χ2v) is 12.6. The van der Waals surface area contributed by atoms with Crippen molar-refractivity contribution in [1.29, 1.82) is 0 Å². The Hall–Kier alpha value is -6.05. The maximum atomic E-state index is 5.34. The number of hydrogen-bond acceptors (Lipinski definition) is 1. The van der Waals surface area contributed by atoms with Crippen LogP contribution in [0, 0.1) is 6.92 Å². The summed E-state index contributed by atoms with van der Waals surface area (Å²) in [5, 5.41) is 9.80. The third kappa shape index (κ3) is 5.40. The van der Waals surface area contributed by atoms with E-state index >= 15 is 0 Å². The second kappa shape index (κ2) is 12.3. The van der Waals surface area contributed by atoms with Gasteiger partial charge in [-0.3, -0.25) is 0 Å². The molecule has 0 spiro atoms. The minimum atomic E-state index is 0.727. The van der Waals surface area contributed by atoms with Crippen LogP contribution in [-0.4, -0.2) is 5.71 Å². The van der Waals surface area contributed by atoms with E-state index in [9.17, 15) is 0 Å². The molecular formula is C47H35N. The van der Waals surface area contributed by atoms with Crippen molar-refractivity contribution in [3.8, 4) is 11.1 Å². The van der Waals surface area contributed by atoms with Gasteiger partial charge in [0.05, 0.1) is 11.4 Å². The Bertz CT molecular complexity index is 2560. The first kappa shape index (κ1) is 29.4. The van der Waals surface area contributed by atoms with Crippen molar-refractivity contribution in [3.63, 3.8) is 0 Å². The van der Waals surface area contributed by atoms with Crippen molar-refractivity contribution in [3.05, 3.63) is 193 Å². The molecule has 0 aliphatic rings. The fraction of sp³-hybridized carbons (Fsp3) is 0.0426. The lowest BCUT2D eigenvalue weighted by molar-refractivity contribution is 1.46. The summed E-state index contributed by atoms with van der Waals surface area (Å²) >= 11 is 0. The predicted molar refractivity (Wildman–Crippen MR) is 209 cm³/mol.